The summed E-state index contributed by atoms with van der Waals surface area (Å²) in [7, 11) is 0. The molecular formula is C16H31N3O3. The number of carbonyl (C=O) groups is 2. The molecule has 0 radical (unpaired) electrons. The Balaban J connectivity index is 2.67. The fraction of sp³-hybridized carbons (Fsp3) is 0.875. The van der Waals surface area contributed by atoms with E-state index in [0.717, 1.165) is 6.42 Å². The van der Waals surface area contributed by atoms with Crippen LogP contribution in [0.2, 0.25) is 0 Å². The maximum absolute atomic E-state index is 12.5. The highest BCUT2D eigenvalue weighted by molar-refractivity contribution is 5.82. The van der Waals surface area contributed by atoms with E-state index >= 15 is 0 Å². The van der Waals surface area contributed by atoms with Gasteiger partial charge in [-0.15, -0.1) is 0 Å². The number of nitrogens with two attached hydrogens (primary N) is 1. The second-order valence-electron chi connectivity index (χ2n) is 7.26. The smallest absolute Gasteiger partial charge is 0.410 e. The van der Waals surface area contributed by atoms with Crippen molar-refractivity contribution in [3.05, 3.63) is 0 Å². The first-order valence-electron chi connectivity index (χ1n) is 8.10. The van der Waals surface area contributed by atoms with Crippen LogP contribution in [0.15, 0.2) is 0 Å². The van der Waals surface area contributed by atoms with Crippen LogP contribution in [0, 0.1) is 5.92 Å². The minimum absolute atomic E-state index is 0.0230. The Hall–Kier alpha value is -1.30. The molecule has 22 heavy (non-hydrogen) atoms. The molecule has 1 rings (SSSR count). The quantitative estimate of drug-likeness (QED) is 0.859. The molecular weight excluding hydrogens is 282 g/mol. The molecule has 0 unspecified atom stereocenters. The highest BCUT2D eigenvalue weighted by Crippen LogP contribution is 2.20. The summed E-state index contributed by atoms with van der Waals surface area (Å²) in [5.74, 6) is 0.0680. The van der Waals surface area contributed by atoms with Crippen LogP contribution in [0.1, 0.15) is 48.0 Å². The van der Waals surface area contributed by atoms with Crippen LogP contribution < -0.4 is 5.73 Å². The maximum atomic E-state index is 12.5. The number of hydrogen-bond donors (Lipinski definition) is 1. The lowest BCUT2D eigenvalue weighted by atomic mass is 10.0. The van der Waals surface area contributed by atoms with Crippen molar-refractivity contribution in [2.24, 2.45) is 11.7 Å². The molecule has 128 valence electrons. The van der Waals surface area contributed by atoms with Crippen LogP contribution in [-0.4, -0.2) is 59.1 Å². The number of likely N-dealkylation sites (tertiary alicyclic amines) is 1. The Morgan fingerprint density at radius 1 is 1.36 bits per heavy atom. The van der Waals surface area contributed by atoms with Crippen LogP contribution in [0.5, 0.6) is 0 Å². The zero-order chi connectivity index (χ0) is 17.1. The van der Waals surface area contributed by atoms with Crippen LogP contribution in [0.3, 0.4) is 0 Å². The molecule has 1 saturated heterocycles. The normalized spacial score (nSPS) is 20.2. The van der Waals surface area contributed by atoms with E-state index in [1.54, 1.807) is 9.80 Å². The van der Waals surface area contributed by atoms with E-state index in [0.29, 0.717) is 19.6 Å². The van der Waals surface area contributed by atoms with Crippen LogP contribution >= 0.6 is 0 Å². The number of ether oxygens (including phenoxy) is 1. The van der Waals surface area contributed by atoms with Crippen molar-refractivity contribution in [1.82, 2.24) is 9.80 Å². The Morgan fingerprint density at radius 3 is 2.41 bits per heavy atom. The first-order chi connectivity index (χ1) is 10.1. The van der Waals surface area contributed by atoms with Crippen molar-refractivity contribution >= 4 is 12.0 Å². The number of nitrogens with zero attached hydrogens (tertiary/aromatic N) is 2. The molecule has 6 heteroatoms. The van der Waals surface area contributed by atoms with Gasteiger partial charge in [0.2, 0.25) is 5.91 Å². The lowest BCUT2D eigenvalue weighted by molar-refractivity contribution is -0.135. The summed E-state index contributed by atoms with van der Waals surface area (Å²) in [5.41, 5.74) is 5.48. The molecule has 0 aromatic rings. The number of rotatable bonds is 4. The Kier molecular flexibility index (Phi) is 6.23. The Bertz CT molecular complexity index is 404. The number of carbonyl (C=O) groups excluding carboxylic acids is 2. The molecule has 0 aliphatic carbocycles. The van der Waals surface area contributed by atoms with Crippen molar-refractivity contribution in [3.63, 3.8) is 0 Å². The molecule has 0 bridgehead atoms. The van der Waals surface area contributed by atoms with Crippen molar-refractivity contribution < 1.29 is 14.3 Å². The van der Waals surface area contributed by atoms with Crippen LogP contribution in [0.25, 0.3) is 0 Å². The first kappa shape index (κ1) is 18.7. The summed E-state index contributed by atoms with van der Waals surface area (Å²) in [6, 6.07) is -0.467. The number of hydrogen-bond acceptors (Lipinski definition) is 4. The number of amides is 2. The van der Waals surface area contributed by atoms with Crippen molar-refractivity contribution in [2.45, 2.75) is 65.6 Å². The minimum atomic E-state index is -0.505. The van der Waals surface area contributed by atoms with Gasteiger partial charge in [-0.3, -0.25) is 4.79 Å². The van der Waals surface area contributed by atoms with Crippen LogP contribution in [0.4, 0.5) is 4.79 Å². The molecule has 1 aliphatic rings. The molecule has 0 spiro atoms. The Morgan fingerprint density at radius 2 is 1.95 bits per heavy atom. The van der Waals surface area contributed by atoms with Crippen molar-refractivity contribution in [2.75, 3.05) is 19.6 Å². The van der Waals surface area contributed by atoms with Gasteiger partial charge in [0.15, 0.2) is 0 Å². The maximum Gasteiger partial charge on any atom is 0.410 e. The molecule has 0 saturated carbocycles. The molecule has 2 atom stereocenters. The van der Waals surface area contributed by atoms with E-state index in [1.807, 2.05) is 41.5 Å². The lowest BCUT2D eigenvalue weighted by Crippen LogP contribution is -2.51. The van der Waals surface area contributed by atoms with Gasteiger partial charge in [-0.25, -0.2) is 4.79 Å². The van der Waals surface area contributed by atoms with E-state index in [9.17, 15) is 9.59 Å². The highest BCUT2D eigenvalue weighted by Gasteiger charge is 2.35. The van der Waals surface area contributed by atoms with E-state index < -0.39 is 11.6 Å². The molecule has 2 N–H and O–H groups in total. The van der Waals surface area contributed by atoms with E-state index in [4.69, 9.17) is 10.5 Å². The Labute approximate surface area is 134 Å². The fourth-order valence-corrected chi connectivity index (χ4v) is 2.56. The predicted octanol–water partition coefficient (Wildman–Crippen LogP) is 1.83. The molecule has 1 aliphatic heterocycles. The van der Waals surface area contributed by atoms with E-state index in [2.05, 4.69) is 0 Å². The molecule has 0 aromatic carbocycles. The summed E-state index contributed by atoms with van der Waals surface area (Å²) < 4.78 is 5.39. The fourth-order valence-electron chi connectivity index (χ4n) is 2.56. The summed E-state index contributed by atoms with van der Waals surface area (Å²) >= 11 is 0. The zero-order valence-corrected chi connectivity index (χ0v) is 14.8. The highest BCUT2D eigenvalue weighted by atomic mass is 16.6. The standard InChI is InChI=1S/C16H31N3O3/c1-7-19(14(20)13(17)11(2)3)12-8-9-18(10-12)15(21)22-16(4,5)6/h11-13H,7-10,17H2,1-6H3/t12-,13-/m0/s1. The van der Waals surface area contributed by atoms with Gasteiger partial charge < -0.3 is 20.3 Å². The SMILES string of the molecule is CCN(C(=O)[C@@H](N)C(C)C)[C@H]1CCN(C(=O)OC(C)(C)C)C1. The average Bonchev–Trinajstić information content (AvgIpc) is 2.86. The topological polar surface area (TPSA) is 75.9 Å². The van der Waals surface area contributed by atoms with Gasteiger partial charge in [-0.05, 0) is 40.0 Å². The largest absolute Gasteiger partial charge is 0.444 e. The molecule has 2 amide bonds. The second kappa shape index (κ2) is 7.31. The third-order valence-corrected chi connectivity index (χ3v) is 3.88. The third kappa shape index (κ3) is 4.87. The van der Waals surface area contributed by atoms with Crippen LogP contribution in [-0.2, 0) is 9.53 Å². The van der Waals surface area contributed by atoms with Gasteiger partial charge in [-0.1, -0.05) is 13.8 Å². The summed E-state index contributed by atoms with van der Waals surface area (Å²) in [6.07, 6.45) is 0.454. The third-order valence-electron chi connectivity index (χ3n) is 3.88. The molecule has 1 heterocycles. The monoisotopic (exact) mass is 313 g/mol. The predicted molar refractivity (Wildman–Crippen MR) is 86.4 cm³/mol. The zero-order valence-electron chi connectivity index (χ0n) is 14.8. The lowest BCUT2D eigenvalue weighted by Gasteiger charge is -2.31. The van der Waals surface area contributed by atoms with Gasteiger partial charge >= 0.3 is 6.09 Å². The first-order valence-corrected chi connectivity index (χ1v) is 8.10. The second-order valence-corrected chi connectivity index (χ2v) is 7.26. The van der Waals surface area contributed by atoms with E-state index in [-0.39, 0.29) is 24.0 Å². The van der Waals surface area contributed by atoms with E-state index in [1.165, 1.54) is 0 Å². The molecule has 6 nitrogen and oxygen atoms in total. The summed E-state index contributed by atoms with van der Waals surface area (Å²) in [5, 5.41) is 0. The molecule has 1 fully saturated rings. The minimum Gasteiger partial charge on any atom is -0.444 e. The van der Waals surface area contributed by atoms with Gasteiger partial charge in [0.25, 0.3) is 0 Å². The number of likely N-dealkylation sites (N-methyl/N-ethyl adjacent to an activating group) is 1. The van der Waals surface area contributed by atoms with Gasteiger partial charge in [0.1, 0.15) is 5.60 Å². The van der Waals surface area contributed by atoms with Gasteiger partial charge in [-0.2, -0.15) is 0 Å². The summed E-state index contributed by atoms with van der Waals surface area (Å²) in [4.78, 5) is 28.1. The van der Waals surface area contributed by atoms with Crippen molar-refractivity contribution in [1.29, 1.82) is 0 Å². The average molecular weight is 313 g/mol. The van der Waals surface area contributed by atoms with Gasteiger partial charge in [0.05, 0.1) is 12.1 Å². The molecule has 0 aromatic heterocycles. The van der Waals surface area contributed by atoms with Crippen molar-refractivity contribution in [3.8, 4) is 0 Å². The van der Waals surface area contributed by atoms with Gasteiger partial charge in [0, 0.05) is 19.6 Å². The summed E-state index contributed by atoms with van der Waals surface area (Å²) in [6.45, 7) is 13.1.